The molecule has 1 aromatic carbocycles. The predicted octanol–water partition coefficient (Wildman–Crippen LogP) is 3.48. The molecule has 0 atom stereocenters. The molecule has 0 aliphatic carbocycles. The van der Waals surface area contributed by atoms with Gasteiger partial charge in [0.25, 0.3) is 5.91 Å². The summed E-state index contributed by atoms with van der Waals surface area (Å²) in [5.41, 5.74) is 2.04. The quantitative estimate of drug-likeness (QED) is 0.878. The molecule has 3 heterocycles. The van der Waals surface area contributed by atoms with Gasteiger partial charge in [-0.25, -0.2) is 0 Å². The van der Waals surface area contributed by atoms with Crippen molar-refractivity contribution >= 4 is 22.6 Å². The second-order valence-corrected chi connectivity index (χ2v) is 8.09. The summed E-state index contributed by atoms with van der Waals surface area (Å²) >= 11 is 0. The Morgan fingerprint density at radius 3 is 2.70 bits per heavy atom. The van der Waals surface area contributed by atoms with Gasteiger partial charge in [0, 0.05) is 44.7 Å². The number of amides is 1. The van der Waals surface area contributed by atoms with Gasteiger partial charge in [0.05, 0.1) is 11.1 Å². The van der Waals surface area contributed by atoms with Gasteiger partial charge in [-0.3, -0.25) is 4.79 Å². The Hall–Kier alpha value is -2.01. The number of rotatable bonds is 5. The summed E-state index contributed by atoms with van der Waals surface area (Å²) < 4.78 is 2.32. The van der Waals surface area contributed by atoms with Crippen LogP contribution in [0, 0.1) is 0 Å². The van der Waals surface area contributed by atoms with E-state index in [0.717, 1.165) is 62.2 Å². The number of nitrogens with one attached hydrogen (secondary N) is 1. The molecule has 1 saturated heterocycles. The van der Waals surface area contributed by atoms with Gasteiger partial charge < -0.3 is 19.7 Å². The first kappa shape index (κ1) is 18.4. The fraction of sp³-hybridized carbons (Fsp3) is 0.591. The second-order valence-electron chi connectivity index (χ2n) is 8.09. The SMILES string of the molecule is CCCCN1CCC(NC(=O)c2c3n(c4ccccc24)CCCN3C)CC1. The van der Waals surface area contributed by atoms with Crippen molar-refractivity contribution in [2.24, 2.45) is 0 Å². The van der Waals surface area contributed by atoms with Crippen molar-refractivity contribution < 1.29 is 4.79 Å². The zero-order valence-corrected chi connectivity index (χ0v) is 16.7. The molecule has 2 aliphatic rings. The largest absolute Gasteiger partial charge is 0.360 e. The third-order valence-electron chi connectivity index (χ3n) is 6.16. The van der Waals surface area contributed by atoms with Crippen LogP contribution in [0.2, 0.25) is 0 Å². The zero-order valence-electron chi connectivity index (χ0n) is 16.7. The number of piperidine rings is 1. The van der Waals surface area contributed by atoms with Crippen LogP contribution in [-0.4, -0.2) is 54.6 Å². The van der Waals surface area contributed by atoms with Gasteiger partial charge in [0.15, 0.2) is 0 Å². The van der Waals surface area contributed by atoms with Crippen molar-refractivity contribution in [3.05, 3.63) is 29.8 Å². The van der Waals surface area contributed by atoms with Gasteiger partial charge in [-0.2, -0.15) is 0 Å². The number of carbonyl (C=O) groups excluding carboxylic acids is 1. The van der Waals surface area contributed by atoms with Gasteiger partial charge in [-0.05, 0) is 38.3 Å². The lowest BCUT2D eigenvalue weighted by atomic mass is 10.0. The number of benzene rings is 1. The molecule has 0 bridgehead atoms. The van der Waals surface area contributed by atoms with Crippen LogP contribution in [0.15, 0.2) is 24.3 Å². The van der Waals surface area contributed by atoms with E-state index in [1.165, 1.54) is 24.9 Å². The zero-order chi connectivity index (χ0) is 18.8. The highest BCUT2D eigenvalue weighted by Gasteiger charge is 2.29. The molecular weight excluding hydrogens is 336 g/mol. The van der Waals surface area contributed by atoms with Gasteiger partial charge in [0.2, 0.25) is 0 Å². The molecule has 5 nitrogen and oxygen atoms in total. The Bertz CT molecular complexity index is 804. The Labute approximate surface area is 162 Å². The van der Waals surface area contributed by atoms with E-state index in [9.17, 15) is 4.79 Å². The first-order valence-corrected chi connectivity index (χ1v) is 10.5. The molecule has 5 heteroatoms. The number of fused-ring (bicyclic) bond motifs is 3. The first-order chi connectivity index (χ1) is 13.2. The standard InChI is InChI=1S/C22H32N4O/c1-3-4-13-25-15-10-17(11-16-25)23-21(27)20-18-8-5-6-9-19(18)26-14-7-12-24(2)22(20)26/h5-6,8-9,17H,3-4,7,10-16H2,1-2H3,(H,23,27). The van der Waals surface area contributed by atoms with E-state index in [2.05, 4.69) is 51.9 Å². The van der Waals surface area contributed by atoms with Crippen molar-refractivity contribution in [1.82, 2.24) is 14.8 Å². The molecule has 0 radical (unpaired) electrons. The fourth-order valence-corrected chi connectivity index (χ4v) is 4.65. The number of para-hydroxylation sites is 1. The van der Waals surface area contributed by atoms with Crippen molar-refractivity contribution in [3.8, 4) is 0 Å². The molecule has 0 saturated carbocycles. The molecule has 1 fully saturated rings. The van der Waals surface area contributed by atoms with E-state index in [1.54, 1.807) is 0 Å². The van der Waals surface area contributed by atoms with Crippen LogP contribution >= 0.6 is 0 Å². The number of nitrogens with zero attached hydrogens (tertiary/aromatic N) is 3. The number of aromatic nitrogens is 1. The second kappa shape index (κ2) is 7.93. The maximum Gasteiger partial charge on any atom is 0.255 e. The molecule has 2 aromatic rings. The van der Waals surface area contributed by atoms with E-state index in [0.29, 0.717) is 6.04 Å². The minimum atomic E-state index is 0.0979. The lowest BCUT2D eigenvalue weighted by molar-refractivity contribution is 0.0912. The molecule has 0 unspecified atom stereocenters. The number of aryl methyl sites for hydroxylation is 1. The fourth-order valence-electron chi connectivity index (χ4n) is 4.65. The number of anilines is 1. The van der Waals surface area contributed by atoms with Gasteiger partial charge in [-0.1, -0.05) is 31.5 Å². The van der Waals surface area contributed by atoms with Crippen LogP contribution in [-0.2, 0) is 6.54 Å². The Morgan fingerprint density at radius 1 is 1.15 bits per heavy atom. The lowest BCUT2D eigenvalue weighted by Crippen LogP contribution is -2.45. The number of hydrogen-bond acceptors (Lipinski definition) is 3. The van der Waals surface area contributed by atoms with E-state index in [1.807, 2.05) is 6.07 Å². The molecule has 1 amide bonds. The first-order valence-electron chi connectivity index (χ1n) is 10.5. The topological polar surface area (TPSA) is 40.5 Å². The average Bonchev–Trinajstić information content (AvgIpc) is 3.03. The number of likely N-dealkylation sites (tertiary alicyclic amines) is 1. The average molecular weight is 369 g/mol. The summed E-state index contributed by atoms with van der Waals surface area (Å²) in [5, 5.41) is 4.44. The molecule has 2 aliphatic heterocycles. The highest BCUT2D eigenvalue weighted by Crippen LogP contribution is 2.35. The molecule has 4 rings (SSSR count). The summed E-state index contributed by atoms with van der Waals surface area (Å²) in [7, 11) is 2.10. The maximum atomic E-state index is 13.3. The van der Waals surface area contributed by atoms with Crippen LogP contribution in [0.4, 0.5) is 5.82 Å². The Kier molecular flexibility index (Phi) is 5.39. The third-order valence-corrected chi connectivity index (χ3v) is 6.16. The van der Waals surface area contributed by atoms with Crippen LogP contribution in [0.3, 0.4) is 0 Å². The summed E-state index contributed by atoms with van der Waals surface area (Å²) in [6.07, 6.45) is 5.75. The lowest BCUT2D eigenvalue weighted by Gasteiger charge is -2.32. The smallest absolute Gasteiger partial charge is 0.255 e. The summed E-state index contributed by atoms with van der Waals surface area (Å²) in [6.45, 7) is 7.63. The normalized spacial score (nSPS) is 18.7. The number of carbonyl (C=O) groups is 1. The highest BCUT2D eigenvalue weighted by atomic mass is 16.1. The predicted molar refractivity (Wildman–Crippen MR) is 112 cm³/mol. The van der Waals surface area contributed by atoms with Crippen LogP contribution < -0.4 is 10.2 Å². The molecule has 1 aromatic heterocycles. The maximum absolute atomic E-state index is 13.3. The molecule has 27 heavy (non-hydrogen) atoms. The third kappa shape index (κ3) is 3.57. The molecule has 146 valence electrons. The molecule has 1 N–H and O–H groups in total. The van der Waals surface area contributed by atoms with Crippen molar-refractivity contribution in [1.29, 1.82) is 0 Å². The minimum absolute atomic E-state index is 0.0979. The molecule has 0 spiro atoms. The van der Waals surface area contributed by atoms with Gasteiger partial charge >= 0.3 is 0 Å². The monoisotopic (exact) mass is 368 g/mol. The summed E-state index contributed by atoms with van der Waals surface area (Å²) in [6, 6.07) is 8.63. The van der Waals surface area contributed by atoms with Crippen molar-refractivity contribution in [3.63, 3.8) is 0 Å². The van der Waals surface area contributed by atoms with Crippen LogP contribution in [0.25, 0.3) is 10.9 Å². The Morgan fingerprint density at radius 2 is 1.93 bits per heavy atom. The van der Waals surface area contributed by atoms with E-state index >= 15 is 0 Å². The van der Waals surface area contributed by atoms with Gasteiger partial charge in [0.1, 0.15) is 5.82 Å². The van der Waals surface area contributed by atoms with Crippen LogP contribution in [0.1, 0.15) is 49.4 Å². The number of unbranched alkanes of at least 4 members (excludes halogenated alkanes) is 1. The number of hydrogen-bond donors (Lipinski definition) is 1. The summed E-state index contributed by atoms with van der Waals surface area (Å²) in [5.74, 6) is 1.18. The minimum Gasteiger partial charge on any atom is -0.360 e. The van der Waals surface area contributed by atoms with E-state index in [4.69, 9.17) is 0 Å². The highest BCUT2D eigenvalue weighted by molar-refractivity contribution is 6.12. The van der Waals surface area contributed by atoms with E-state index in [-0.39, 0.29) is 5.91 Å². The molecular formula is C22H32N4O. The van der Waals surface area contributed by atoms with Gasteiger partial charge in [-0.15, -0.1) is 0 Å². The van der Waals surface area contributed by atoms with Crippen molar-refractivity contribution in [2.75, 3.05) is 38.1 Å². The van der Waals surface area contributed by atoms with Crippen molar-refractivity contribution in [2.45, 2.75) is 51.6 Å². The van der Waals surface area contributed by atoms with E-state index < -0.39 is 0 Å². The Balaban J connectivity index is 1.53. The van der Waals surface area contributed by atoms with Crippen LogP contribution in [0.5, 0.6) is 0 Å². The summed E-state index contributed by atoms with van der Waals surface area (Å²) in [4.78, 5) is 18.1.